The summed E-state index contributed by atoms with van der Waals surface area (Å²) in [5.41, 5.74) is 8.01. The number of amides is 1. The summed E-state index contributed by atoms with van der Waals surface area (Å²) in [6, 6.07) is 16.4. The third-order valence-electron chi connectivity index (χ3n) is 3.06. The summed E-state index contributed by atoms with van der Waals surface area (Å²) in [5, 5.41) is 12.6. The van der Waals surface area contributed by atoms with E-state index in [9.17, 15) is 9.90 Å². The van der Waals surface area contributed by atoms with Crippen molar-refractivity contribution >= 4 is 11.6 Å². The summed E-state index contributed by atoms with van der Waals surface area (Å²) in [4.78, 5) is 11.8. The fourth-order valence-corrected chi connectivity index (χ4v) is 1.90. The smallest absolute Gasteiger partial charge is 0.253 e. The standard InChI is InChI=1S/C16H18N2O2/c17-14-8-6-12(7-9-14)10-11-18-16(20)15(19)13-4-2-1-3-5-13/h1-9,15,19H,10-11,17H2,(H,18,20). The fraction of sp³-hybridized carbons (Fsp3) is 0.188. The van der Waals surface area contributed by atoms with E-state index in [4.69, 9.17) is 5.73 Å². The number of nitrogen functional groups attached to an aromatic ring is 1. The Hall–Kier alpha value is -2.33. The van der Waals surface area contributed by atoms with Gasteiger partial charge in [0.05, 0.1) is 0 Å². The molecule has 104 valence electrons. The SMILES string of the molecule is Nc1ccc(CCNC(=O)C(O)c2ccccc2)cc1. The molecule has 0 saturated heterocycles. The molecule has 2 rings (SSSR count). The zero-order chi connectivity index (χ0) is 14.4. The molecule has 0 radical (unpaired) electrons. The van der Waals surface area contributed by atoms with Crippen molar-refractivity contribution < 1.29 is 9.90 Å². The molecule has 20 heavy (non-hydrogen) atoms. The minimum Gasteiger partial charge on any atom is -0.399 e. The van der Waals surface area contributed by atoms with E-state index in [0.717, 1.165) is 11.3 Å². The fourth-order valence-electron chi connectivity index (χ4n) is 1.90. The van der Waals surface area contributed by atoms with Crippen LogP contribution in [0.15, 0.2) is 54.6 Å². The molecule has 4 heteroatoms. The van der Waals surface area contributed by atoms with Crippen molar-refractivity contribution in [1.82, 2.24) is 5.32 Å². The lowest BCUT2D eigenvalue weighted by atomic mass is 10.1. The Kier molecular flexibility index (Phi) is 4.74. The van der Waals surface area contributed by atoms with E-state index in [1.165, 1.54) is 0 Å². The minimum absolute atomic E-state index is 0.383. The predicted molar refractivity (Wildman–Crippen MR) is 79.0 cm³/mol. The van der Waals surface area contributed by atoms with Crippen molar-refractivity contribution in [2.75, 3.05) is 12.3 Å². The van der Waals surface area contributed by atoms with Crippen LogP contribution < -0.4 is 11.1 Å². The lowest BCUT2D eigenvalue weighted by Gasteiger charge is -2.11. The van der Waals surface area contributed by atoms with Crippen LogP contribution in [0.1, 0.15) is 17.2 Å². The molecule has 0 heterocycles. The van der Waals surface area contributed by atoms with Gasteiger partial charge < -0.3 is 16.2 Å². The number of hydrogen-bond donors (Lipinski definition) is 3. The molecule has 0 aliphatic carbocycles. The van der Waals surface area contributed by atoms with E-state index in [0.29, 0.717) is 18.5 Å². The number of aliphatic hydroxyl groups excluding tert-OH is 1. The summed E-state index contributed by atoms with van der Waals surface area (Å²) in [7, 11) is 0. The average Bonchev–Trinajstić information content (AvgIpc) is 2.49. The minimum atomic E-state index is -1.12. The summed E-state index contributed by atoms with van der Waals surface area (Å²) >= 11 is 0. The Morgan fingerprint density at radius 3 is 2.40 bits per heavy atom. The quantitative estimate of drug-likeness (QED) is 0.723. The van der Waals surface area contributed by atoms with Gasteiger partial charge in [0, 0.05) is 12.2 Å². The first-order valence-electron chi connectivity index (χ1n) is 6.52. The van der Waals surface area contributed by atoms with Gasteiger partial charge in [0.2, 0.25) is 0 Å². The Morgan fingerprint density at radius 1 is 1.10 bits per heavy atom. The van der Waals surface area contributed by atoms with Crippen LogP contribution in [-0.4, -0.2) is 17.6 Å². The van der Waals surface area contributed by atoms with Gasteiger partial charge in [0.15, 0.2) is 6.10 Å². The first-order valence-corrected chi connectivity index (χ1v) is 6.52. The highest BCUT2D eigenvalue weighted by Crippen LogP contribution is 2.12. The van der Waals surface area contributed by atoms with Crippen molar-refractivity contribution in [2.45, 2.75) is 12.5 Å². The summed E-state index contributed by atoms with van der Waals surface area (Å²) in [6.07, 6.45) is -0.421. The average molecular weight is 270 g/mol. The van der Waals surface area contributed by atoms with Crippen LogP contribution in [0.3, 0.4) is 0 Å². The van der Waals surface area contributed by atoms with Crippen LogP contribution in [0.4, 0.5) is 5.69 Å². The van der Waals surface area contributed by atoms with Gasteiger partial charge in [-0.3, -0.25) is 4.79 Å². The maximum Gasteiger partial charge on any atom is 0.253 e. The molecule has 4 nitrogen and oxygen atoms in total. The Labute approximate surface area is 118 Å². The summed E-state index contributed by atoms with van der Waals surface area (Å²) in [5.74, 6) is -0.383. The number of benzene rings is 2. The maximum atomic E-state index is 11.8. The second-order valence-electron chi connectivity index (χ2n) is 4.60. The lowest BCUT2D eigenvalue weighted by molar-refractivity contribution is -0.129. The van der Waals surface area contributed by atoms with Gasteiger partial charge in [0.25, 0.3) is 5.91 Å². The van der Waals surface area contributed by atoms with Crippen molar-refractivity contribution in [2.24, 2.45) is 0 Å². The van der Waals surface area contributed by atoms with Crippen molar-refractivity contribution in [3.63, 3.8) is 0 Å². The predicted octanol–water partition coefficient (Wildman–Crippen LogP) is 1.66. The lowest BCUT2D eigenvalue weighted by Crippen LogP contribution is -2.30. The van der Waals surface area contributed by atoms with Crippen molar-refractivity contribution in [3.05, 3.63) is 65.7 Å². The summed E-state index contributed by atoms with van der Waals surface area (Å²) in [6.45, 7) is 0.479. The topological polar surface area (TPSA) is 75.3 Å². The molecule has 1 unspecified atom stereocenters. The third-order valence-corrected chi connectivity index (χ3v) is 3.06. The van der Waals surface area contributed by atoms with Gasteiger partial charge in [-0.15, -0.1) is 0 Å². The zero-order valence-corrected chi connectivity index (χ0v) is 11.1. The highest BCUT2D eigenvalue weighted by Gasteiger charge is 2.15. The molecule has 1 atom stereocenters. The first kappa shape index (κ1) is 14.1. The van der Waals surface area contributed by atoms with Crippen LogP contribution >= 0.6 is 0 Å². The number of anilines is 1. The van der Waals surface area contributed by atoms with Gasteiger partial charge >= 0.3 is 0 Å². The zero-order valence-electron chi connectivity index (χ0n) is 11.1. The molecular weight excluding hydrogens is 252 g/mol. The molecule has 1 amide bonds. The van der Waals surface area contributed by atoms with Crippen LogP contribution in [0.5, 0.6) is 0 Å². The van der Waals surface area contributed by atoms with E-state index in [-0.39, 0.29) is 5.91 Å². The van der Waals surface area contributed by atoms with Gasteiger partial charge in [-0.1, -0.05) is 42.5 Å². The van der Waals surface area contributed by atoms with Crippen LogP contribution in [-0.2, 0) is 11.2 Å². The van der Waals surface area contributed by atoms with Crippen LogP contribution in [0.2, 0.25) is 0 Å². The monoisotopic (exact) mass is 270 g/mol. The Bertz CT molecular complexity index is 552. The molecule has 0 aliphatic heterocycles. The number of nitrogens with one attached hydrogen (secondary N) is 1. The van der Waals surface area contributed by atoms with E-state index < -0.39 is 6.10 Å². The normalized spacial score (nSPS) is 11.8. The second kappa shape index (κ2) is 6.73. The summed E-state index contributed by atoms with van der Waals surface area (Å²) < 4.78 is 0. The number of rotatable bonds is 5. The molecule has 0 bridgehead atoms. The van der Waals surface area contributed by atoms with Gasteiger partial charge in [0.1, 0.15) is 0 Å². The molecule has 0 spiro atoms. The third kappa shape index (κ3) is 3.83. The van der Waals surface area contributed by atoms with Gasteiger partial charge in [-0.25, -0.2) is 0 Å². The van der Waals surface area contributed by atoms with Gasteiger partial charge in [-0.2, -0.15) is 0 Å². The van der Waals surface area contributed by atoms with Crippen molar-refractivity contribution in [1.29, 1.82) is 0 Å². The van der Waals surface area contributed by atoms with E-state index in [2.05, 4.69) is 5.32 Å². The number of nitrogens with two attached hydrogens (primary N) is 1. The molecule has 4 N–H and O–H groups in total. The first-order chi connectivity index (χ1) is 9.66. The van der Waals surface area contributed by atoms with Crippen LogP contribution in [0, 0.1) is 0 Å². The van der Waals surface area contributed by atoms with E-state index in [1.54, 1.807) is 24.3 Å². The largest absolute Gasteiger partial charge is 0.399 e. The number of aliphatic hydroxyl groups is 1. The number of carbonyl (C=O) groups excluding carboxylic acids is 1. The molecule has 0 aromatic heterocycles. The molecule has 0 aliphatic rings. The van der Waals surface area contributed by atoms with Crippen molar-refractivity contribution in [3.8, 4) is 0 Å². The van der Waals surface area contributed by atoms with E-state index >= 15 is 0 Å². The highest BCUT2D eigenvalue weighted by atomic mass is 16.3. The number of carbonyl (C=O) groups is 1. The Morgan fingerprint density at radius 2 is 1.75 bits per heavy atom. The Balaban J connectivity index is 1.82. The maximum absolute atomic E-state index is 11.8. The second-order valence-corrected chi connectivity index (χ2v) is 4.60. The van der Waals surface area contributed by atoms with E-state index in [1.807, 2.05) is 30.3 Å². The molecule has 2 aromatic rings. The van der Waals surface area contributed by atoms with Crippen LogP contribution in [0.25, 0.3) is 0 Å². The molecule has 0 fully saturated rings. The number of hydrogen-bond acceptors (Lipinski definition) is 3. The van der Waals surface area contributed by atoms with Gasteiger partial charge in [-0.05, 0) is 29.7 Å². The molecule has 0 saturated carbocycles. The molecular formula is C16H18N2O2. The molecule has 2 aromatic carbocycles. The highest BCUT2D eigenvalue weighted by molar-refractivity contribution is 5.81.